The third-order valence-corrected chi connectivity index (χ3v) is 2.95. The van der Waals surface area contributed by atoms with E-state index in [1.807, 2.05) is 18.2 Å². The molecule has 0 unspecified atom stereocenters. The van der Waals surface area contributed by atoms with E-state index in [0.717, 1.165) is 36.8 Å². The van der Waals surface area contributed by atoms with E-state index in [2.05, 4.69) is 0 Å². The Morgan fingerprint density at radius 3 is 2.71 bits per heavy atom. The van der Waals surface area contributed by atoms with Gasteiger partial charge in [-0.15, -0.1) is 0 Å². The zero-order valence-electron chi connectivity index (χ0n) is 8.00. The molecule has 0 atom stereocenters. The highest BCUT2D eigenvalue weighted by Crippen LogP contribution is 2.32. The van der Waals surface area contributed by atoms with Gasteiger partial charge in [0.2, 0.25) is 0 Å². The van der Waals surface area contributed by atoms with Crippen molar-refractivity contribution < 1.29 is 4.74 Å². The van der Waals surface area contributed by atoms with E-state index in [-0.39, 0.29) is 0 Å². The second kappa shape index (κ2) is 4.20. The van der Waals surface area contributed by atoms with Crippen LogP contribution in [0, 0.1) is 0 Å². The summed E-state index contributed by atoms with van der Waals surface area (Å²) in [6, 6.07) is 5.69. The zero-order chi connectivity index (χ0) is 9.97. The number of anilines is 1. The van der Waals surface area contributed by atoms with Crippen molar-refractivity contribution in [3.8, 4) is 0 Å². The molecule has 0 radical (unpaired) electrons. The van der Waals surface area contributed by atoms with Crippen LogP contribution in [0.1, 0.15) is 24.3 Å². The number of halogens is 1. The fourth-order valence-corrected chi connectivity index (χ4v) is 2.09. The monoisotopic (exact) mass is 211 g/mol. The summed E-state index contributed by atoms with van der Waals surface area (Å²) >= 11 is 5.95. The highest BCUT2D eigenvalue weighted by molar-refractivity contribution is 6.30. The Bertz CT molecular complexity index is 321. The molecule has 1 aromatic carbocycles. The summed E-state index contributed by atoms with van der Waals surface area (Å²) in [6.45, 7) is 1.66. The van der Waals surface area contributed by atoms with Crippen LogP contribution in [0.3, 0.4) is 0 Å². The van der Waals surface area contributed by atoms with E-state index >= 15 is 0 Å². The van der Waals surface area contributed by atoms with Gasteiger partial charge in [0.25, 0.3) is 0 Å². The van der Waals surface area contributed by atoms with E-state index in [1.165, 1.54) is 5.56 Å². The van der Waals surface area contributed by atoms with Crippen LogP contribution in [-0.2, 0) is 4.74 Å². The third kappa shape index (κ3) is 2.02. The van der Waals surface area contributed by atoms with E-state index in [4.69, 9.17) is 22.1 Å². The maximum absolute atomic E-state index is 5.95. The van der Waals surface area contributed by atoms with E-state index in [1.54, 1.807) is 0 Å². The van der Waals surface area contributed by atoms with Crippen LogP contribution in [0.25, 0.3) is 0 Å². The van der Waals surface area contributed by atoms with Crippen LogP contribution in [0.4, 0.5) is 5.69 Å². The van der Waals surface area contributed by atoms with Gasteiger partial charge < -0.3 is 10.5 Å². The fourth-order valence-electron chi connectivity index (χ4n) is 1.91. The first-order valence-corrected chi connectivity index (χ1v) is 5.28. The first kappa shape index (κ1) is 9.81. The molecule has 1 fully saturated rings. The molecular weight excluding hydrogens is 198 g/mol. The fraction of sp³-hybridized carbons (Fsp3) is 0.455. The van der Waals surface area contributed by atoms with Crippen molar-refractivity contribution in [3.63, 3.8) is 0 Å². The summed E-state index contributed by atoms with van der Waals surface area (Å²) in [5.41, 5.74) is 7.95. The maximum Gasteiger partial charge on any atom is 0.0471 e. The Kier molecular flexibility index (Phi) is 2.94. The summed E-state index contributed by atoms with van der Waals surface area (Å²) < 4.78 is 5.32. The number of hydrogen-bond donors (Lipinski definition) is 1. The molecule has 2 nitrogen and oxygen atoms in total. The molecule has 0 spiro atoms. The van der Waals surface area contributed by atoms with Gasteiger partial charge in [0.05, 0.1) is 0 Å². The summed E-state index contributed by atoms with van der Waals surface area (Å²) in [5, 5.41) is 0.765. The predicted octanol–water partition coefficient (Wildman–Crippen LogP) is 2.82. The van der Waals surface area contributed by atoms with Crippen molar-refractivity contribution in [1.29, 1.82) is 0 Å². The lowest BCUT2D eigenvalue weighted by Crippen LogP contribution is -2.15. The largest absolute Gasteiger partial charge is 0.398 e. The number of nitrogen functional groups attached to an aromatic ring is 1. The lowest BCUT2D eigenvalue weighted by molar-refractivity contribution is 0.0855. The Balaban J connectivity index is 2.24. The molecule has 1 saturated heterocycles. The molecule has 1 aliphatic rings. The van der Waals surface area contributed by atoms with Gasteiger partial charge in [0, 0.05) is 23.9 Å². The highest BCUT2D eigenvalue weighted by Gasteiger charge is 2.18. The van der Waals surface area contributed by atoms with Crippen LogP contribution >= 0.6 is 11.6 Å². The Hall–Kier alpha value is -0.730. The summed E-state index contributed by atoms with van der Waals surface area (Å²) in [5.74, 6) is 0.516. The number of benzene rings is 1. The highest BCUT2D eigenvalue weighted by atomic mass is 35.5. The van der Waals surface area contributed by atoms with Gasteiger partial charge in [-0.25, -0.2) is 0 Å². The summed E-state index contributed by atoms with van der Waals surface area (Å²) in [7, 11) is 0. The van der Waals surface area contributed by atoms with Crippen LogP contribution in [0.15, 0.2) is 18.2 Å². The molecule has 3 heteroatoms. The average Bonchev–Trinajstić information content (AvgIpc) is 2.23. The first-order chi connectivity index (χ1) is 6.77. The SMILES string of the molecule is Nc1ccc(Cl)cc1C1CCOCC1. The molecule has 1 aliphatic heterocycles. The first-order valence-electron chi connectivity index (χ1n) is 4.90. The molecule has 2 N–H and O–H groups in total. The minimum atomic E-state index is 0.516. The van der Waals surface area contributed by atoms with Gasteiger partial charge in [-0.2, -0.15) is 0 Å². The molecule has 2 rings (SSSR count). The number of ether oxygens (including phenoxy) is 1. The van der Waals surface area contributed by atoms with Crippen molar-refractivity contribution >= 4 is 17.3 Å². The number of nitrogens with two attached hydrogens (primary N) is 1. The lowest BCUT2D eigenvalue weighted by Gasteiger charge is -2.23. The van der Waals surface area contributed by atoms with Gasteiger partial charge >= 0.3 is 0 Å². The zero-order valence-corrected chi connectivity index (χ0v) is 8.76. The maximum atomic E-state index is 5.95. The van der Waals surface area contributed by atoms with Crippen molar-refractivity contribution in [1.82, 2.24) is 0 Å². The quantitative estimate of drug-likeness (QED) is 0.725. The van der Waals surface area contributed by atoms with Crippen molar-refractivity contribution in [3.05, 3.63) is 28.8 Å². The topological polar surface area (TPSA) is 35.2 Å². The summed E-state index contributed by atoms with van der Waals surface area (Å²) in [6.07, 6.45) is 2.09. The van der Waals surface area contributed by atoms with Gasteiger partial charge in [-0.1, -0.05) is 11.6 Å². The molecular formula is C11H14ClNO. The second-order valence-electron chi connectivity index (χ2n) is 3.66. The molecule has 0 saturated carbocycles. The molecule has 0 amide bonds. The van der Waals surface area contributed by atoms with Gasteiger partial charge in [0.15, 0.2) is 0 Å². The predicted molar refractivity (Wildman–Crippen MR) is 58.7 cm³/mol. The minimum Gasteiger partial charge on any atom is -0.398 e. The van der Waals surface area contributed by atoms with Crippen molar-refractivity contribution in [2.45, 2.75) is 18.8 Å². The van der Waals surface area contributed by atoms with Gasteiger partial charge in [-0.3, -0.25) is 0 Å². The molecule has 0 aromatic heterocycles. The van der Waals surface area contributed by atoms with Gasteiger partial charge in [0.1, 0.15) is 0 Å². The Morgan fingerprint density at radius 2 is 2.00 bits per heavy atom. The Morgan fingerprint density at radius 1 is 1.29 bits per heavy atom. The van der Waals surface area contributed by atoms with Crippen LogP contribution in [-0.4, -0.2) is 13.2 Å². The van der Waals surface area contributed by atoms with E-state index in [9.17, 15) is 0 Å². The normalized spacial score (nSPS) is 18.4. The molecule has 0 aliphatic carbocycles. The molecule has 0 bridgehead atoms. The average molecular weight is 212 g/mol. The summed E-state index contributed by atoms with van der Waals surface area (Å²) in [4.78, 5) is 0. The van der Waals surface area contributed by atoms with Crippen LogP contribution in [0.5, 0.6) is 0 Å². The van der Waals surface area contributed by atoms with E-state index < -0.39 is 0 Å². The minimum absolute atomic E-state index is 0.516. The van der Waals surface area contributed by atoms with E-state index in [0.29, 0.717) is 5.92 Å². The van der Waals surface area contributed by atoms with Crippen LogP contribution < -0.4 is 5.73 Å². The third-order valence-electron chi connectivity index (χ3n) is 2.71. The second-order valence-corrected chi connectivity index (χ2v) is 4.10. The van der Waals surface area contributed by atoms with Crippen molar-refractivity contribution in [2.75, 3.05) is 18.9 Å². The lowest BCUT2D eigenvalue weighted by atomic mass is 9.90. The smallest absolute Gasteiger partial charge is 0.0471 e. The number of rotatable bonds is 1. The van der Waals surface area contributed by atoms with Crippen LogP contribution in [0.2, 0.25) is 5.02 Å². The molecule has 1 aromatic rings. The Labute approximate surface area is 89.0 Å². The molecule has 76 valence electrons. The number of hydrogen-bond acceptors (Lipinski definition) is 2. The van der Waals surface area contributed by atoms with Gasteiger partial charge in [-0.05, 0) is 42.5 Å². The van der Waals surface area contributed by atoms with Crippen molar-refractivity contribution in [2.24, 2.45) is 0 Å². The molecule has 14 heavy (non-hydrogen) atoms. The standard InChI is InChI=1S/C11H14ClNO/c12-9-1-2-11(13)10(7-9)8-3-5-14-6-4-8/h1-2,7-8H,3-6,13H2. The molecule has 1 heterocycles.